The van der Waals surface area contributed by atoms with Crippen molar-refractivity contribution in [2.75, 3.05) is 11.4 Å². The first-order valence-corrected chi connectivity index (χ1v) is 7.71. The standard InChI is InChI=1S/C17H14FN5O2/c18-16-6-13(3-4-15(16)12-2-1-5-19-7-12)23-9-14(25-17(23)24)8-22-10-20-21-11-22/h1-7,10-11,14H,8-9H2. The number of anilines is 1. The summed E-state index contributed by atoms with van der Waals surface area (Å²) in [5.74, 6) is -0.416. The zero-order valence-electron chi connectivity index (χ0n) is 13.1. The molecule has 0 bridgehead atoms. The Morgan fingerprint density at radius 1 is 1.24 bits per heavy atom. The van der Waals surface area contributed by atoms with Gasteiger partial charge in [0.1, 0.15) is 24.6 Å². The molecule has 8 heteroatoms. The van der Waals surface area contributed by atoms with Gasteiger partial charge in [-0.1, -0.05) is 6.07 Å². The van der Waals surface area contributed by atoms with Gasteiger partial charge in [-0.25, -0.2) is 9.18 Å². The summed E-state index contributed by atoms with van der Waals surface area (Å²) in [6, 6.07) is 8.21. The molecule has 7 nitrogen and oxygen atoms in total. The van der Waals surface area contributed by atoms with Gasteiger partial charge < -0.3 is 9.30 Å². The molecular weight excluding hydrogens is 325 g/mol. The lowest BCUT2D eigenvalue weighted by molar-refractivity contribution is 0.131. The molecule has 2 aromatic heterocycles. The van der Waals surface area contributed by atoms with Gasteiger partial charge >= 0.3 is 6.09 Å². The number of cyclic esters (lactones) is 1. The van der Waals surface area contributed by atoms with Gasteiger partial charge in [-0.05, 0) is 24.3 Å². The predicted molar refractivity (Wildman–Crippen MR) is 87.3 cm³/mol. The van der Waals surface area contributed by atoms with Crippen LogP contribution in [0.2, 0.25) is 0 Å². The van der Waals surface area contributed by atoms with Crippen LogP contribution in [0.1, 0.15) is 0 Å². The van der Waals surface area contributed by atoms with Gasteiger partial charge in [0, 0.05) is 23.5 Å². The van der Waals surface area contributed by atoms with Crippen LogP contribution in [0.15, 0.2) is 55.4 Å². The fourth-order valence-corrected chi connectivity index (χ4v) is 2.81. The molecule has 126 valence electrons. The zero-order valence-corrected chi connectivity index (χ0v) is 13.1. The smallest absolute Gasteiger partial charge is 0.414 e. The highest BCUT2D eigenvalue weighted by Crippen LogP contribution is 2.28. The first kappa shape index (κ1) is 15.3. The largest absolute Gasteiger partial charge is 0.442 e. The fourth-order valence-electron chi connectivity index (χ4n) is 2.81. The van der Waals surface area contributed by atoms with Crippen molar-refractivity contribution in [2.45, 2.75) is 12.6 Å². The summed E-state index contributed by atoms with van der Waals surface area (Å²) >= 11 is 0. The molecule has 3 aromatic rings. The second kappa shape index (κ2) is 6.31. The summed E-state index contributed by atoms with van der Waals surface area (Å²) in [5.41, 5.74) is 1.58. The number of halogens is 1. The molecule has 1 aliphatic rings. The van der Waals surface area contributed by atoms with E-state index in [0.717, 1.165) is 0 Å². The lowest BCUT2D eigenvalue weighted by Crippen LogP contribution is -2.25. The van der Waals surface area contributed by atoms with Crippen molar-refractivity contribution in [1.82, 2.24) is 19.7 Å². The first-order valence-electron chi connectivity index (χ1n) is 7.71. The van der Waals surface area contributed by atoms with Crippen LogP contribution in [0, 0.1) is 5.82 Å². The van der Waals surface area contributed by atoms with Crippen LogP contribution in [-0.4, -0.2) is 38.5 Å². The maximum absolute atomic E-state index is 14.5. The van der Waals surface area contributed by atoms with Crippen LogP contribution in [-0.2, 0) is 11.3 Å². The minimum Gasteiger partial charge on any atom is -0.442 e. The second-order valence-corrected chi connectivity index (χ2v) is 5.68. The van der Waals surface area contributed by atoms with E-state index in [9.17, 15) is 9.18 Å². The molecule has 1 atom stereocenters. The molecule has 4 rings (SSSR count). The first-order chi connectivity index (χ1) is 12.2. The van der Waals surface area contributed by atoms with Crippen LogP contribution in [0.4, 0.5) is 14.9 Å². The maximum atomic E-state index is 14.5. The number of carbonyl (C=O) groups is 1. The number of aromatic nitrogens is 4. The third-order valence-corrected chi connectivity index (χ3v) is 3.99. The van der Waals surface area contributed by atoms with E-state index in [2.05, 4.69) is 15.2 Å². The van der Waals surface area contributed by atoms with E-state index in [1.807, 2.05) is 0 Å². The highest BCUT2D eigenvalue weighted by Gasteiger charge is 2.32. The number of pyridine rings is 1. The van der Waals surface area contributed by atoms with E-state index >= 15 is 0 Å². The van der Waals surface area contributed by atoms with Gasteiger partial charge in [-0.2, -0.15) is 0 Å². The molecule has 0 spiro atoms. The summed E-state index contributed by atoms with van der Waals surface area (Å²) < 4.78 is 21.6. The molecule has 0 aliphatic carbocycles. The minimum absolute atomic E-state index is 0.336. The maximum Gasteiger partial charge on any atom is 0.414 e. The van der Waals surface area contributed by atoms with E-state index in [1.165, 1.54) is 11.0 Å². The Morgan fingerprint density at radius 3 is 2.80 bits per heavy atom. The summed E-state index contributed by atoms with van der Waals surface area (Å²) in [5, 5.41) is 7.43. The normalized spacial score (nSPS) is 16.9. The monoisotopic (exact) mass is 339 g/mol. The quantitative estimate of drug-likeness (QED) is 0.730. The molecule has 25 heavy (non-hydrogen) atoms. The number of rotatable bonds is 4. The number of hydrogen-bond donors (Lipinski definition) is 0. The van der Waals surface area contributed by atoms with Crippen LogP contribution in [0.25, 0.3) is 11.1 Å². The van der Waals surface area contributed by atoms with Crippen molar-refractivity contribution in [2.24, 2.45) is 0 Å². The van der Waals surface area contributed by atoms with Gasteiger partial charge in [-0.3, -0.25) is 9.88 Å². The highest BCUT2D eigenvalue weighted by atomic mass is 19.1. The Hall–Kier alpha value is -3.29. The third-order valence-electron chi connectivity index (χ3n) is 3.99. The number of hydrogen-bond acceptors (Lipinski definition) is 5. The Balaban J connectivity index is 1.54. The van der Waals surface area contributed by atoms with Gasteiger partial charge in [-0.15, -0.1) is 10.2 Å². The molecule has 1 saturated heterocycles. The third kappa shape index (κ3) is 3.06. The number of ether oxygens (including phenoxy) is 1. The molecule has 0 saturated carbocycles. The van der Waals surface area contributed by atoms with Crippen LogP contribution in [0.3, 0.4) is 0 Å². The Morgan fingerprint density at radius 2 is 2.08 bits per heavy atom. The summed E-state index contributed by atoms with van der Waals surface area (Å²) in [6.07, 6.45) is 5.50. The Kier molecular flexibility index (Phi) is 3.85. The molecule has 1 fully saturated rings. The molecule has 0 radical (unpaired) electrons. The summed E-state index contributed by atoms with van der Waals surface area (Å²) in [7, 11) is 0. The van der Waals surface area contributed by atoms with Crippen molar-refractivity contribution >= 4 is 11.8 Å². The Bertz CT molecular complexity index is 885. The van der Waals surface area contributed by atoms with Crippen LogP contribution < -0.4 is 4.90 Å². The van der Waals surface area contributed by atoms with Gasteiger partial charge in [0.25, 0.3) is 0 Å². The summed E-state index contributed by atoms with van der Waals surface area (Å²) in [6.45, 7) is 0.786. The zero-order chi connectivity index (χ0) is 17.2. The van der Waals surface area contributed by atoms with E-state index in [-0.39, 0.29) is 6.10 Å². The van der Waals surface area contributed by atoms with Crippen molar-refractivity contribution < 1.29 is 13.9 Å². The van der Waals surface area contributed by atoms with Crippen molar-refractivity contribution in [3.63, 3.8) is 0 Å². The molecule has 1 aliphatic heterocycles. The van der Waals surface area contributed by atoms with Crippen molar-refractivity contribution in [3.05, 3.63) is 61.2 Å². The number of nitrogens with zero attached hydrogens (tertiary/aromatic N) is 5. The van der Waals surface area contributed by atoms with Crippen LogP contribution >= 0.6 is 0 Å². The lowest BCUT2D eigenvalue weighted by atomic mass is 10.1. The highest BCUT2D eigenvalue weighted by molar-refractivity contribution is 5.90. The molecule has 1 aromatic carbocycles. The van der Waals surface area contributed by atoms with Crippen molar-refractivity contribution in [1.29, 1.82) is 0 Å². The lowest BCUT2D eigenvalue weighted by Gasteiger charge is -2.14. The van der Waals surface area contributed by atoms with E-state index in [0.29, 0.717) is 29.9 Å². The topological polar surface area (TPSA) is 73.1 Å². The predicted octanol–water partition coefficient (Wildman–Crippen LogP) is 2.50. The Labute approximate surface area is 142 Å². The molecule has 0 N–H and O–H groups in total. The number of benzene rings is 1. The average Bonchev–Trinajstić information content (AvgIpc) is 3.25. The van der Waals surface area contributed by atoms with Crippen LogP contribution in [0.5, 0.6) is 0 Å². The minimum atomic E-state index is -0.494. The van der Waals surface area contributed by atoms with E-state index in [1.54, 1.807) is 53.9 Å². The van der Waals surface area contributed by atoms with Crippen molar-refractivity contribution in [3.8, 4) is 11.1 Å². The SMILES string of the molecule is O=C1OC(Cn2cnnc2)CN1c1ccc(-c2cccnc2)c(F)c1. The molecule has 3 heterocycles. The number of carbonyl (C=O) groups excluding carboxylic acids is 1. The van der Waals surface area contributed by atoms with E-state index < -0.39 is 11.9 Å². The second-order valence-electron chi connectivity index (χ2n) is 5.68. The average molecular weight is 339 g/mol. The molecular formula is C17H14FN5O2. The summed E-state index contributed by atoms with van der Waals surface area (Å²) in [4.78, 5) is 17.5. The fraction of sp³-hybridized carbons (Fsp3) is 0.176. The van der Waals surface area contributed by atoms with Gasteiger partial charge in [0.15, 0.2) is 0 Å². The van der Waals surface area contributed by atoms with E-state index in [4.69, 9.17) is 4.74 Å². The molecule has 1 amide bonds. The molecule has 1 unspecified atom stereocenters. The van der Waals surface area contributed by atoms with Gasteiger partial charge in [0.2, 0.25) is 0 Å². The van der Waals surface area contributed by atoms with Gasteiger partial charge in [0.05, 0.1) is 18.8 Å². The number of amides is 1.